The minimum Gasteiger partial charge on any atom is -0.449 e. The van der Waals surface area contributed by atoms with Gasteiger partial charge in [-0.1, -0.05) is 12.1 Å². The number of anilines is 1. The number of aryl methyl sites for hydroxylation is 1. The largest absolute Gasteiger partial charge is 0.449 e. The lowest BCUT2D eigenvalue weighted by Crippen LogP contribution is -2.29. The molecule has 2 atom stereocenters. The van der Waals surface area contributed by atoms with Gasteiger partial charge in [0, 0.05) is 30.0 Å². The van der Waals surface area contributed by atoms with Crippen molar-refractivity contribution >= 4 is 23.5 Å². The Kier molecular flexibility index (Phi) is 6.02. The van der Waals surface area contributed by atoms with Gasteiger partial charge in [-0.05, 0) is 67.1 Å². The van der Waals surface area contributed by atoms with Crippen molar-refractivity contribution in [3.8, 4) is 0 Å². The van der Waals surface area contributed by atoms with Gasteiger partial charge < -0.3 is 15.4 Å². The van der Waals surface area contributed by atoms with Crippen LogP contribution in [0.3, 0.4) is 0 Å². The van der Waals surface area contributed by atoms with Crippen molar-refractivity contribution < 1.29 is 23.5 Å². The van der Waals surface area contributed by atoms with Gasteiger partial charge in [0.25, 0.3) is 5.91 Å². The summed E-state index contributed by atoms with van der Waals surface area (Å²) in [7, 11) is 0. The van der Waals surface area contributed by atoms with Gasteiger partial charge in [0.05, 0.1) is 12.6 Å². The van der Waals surface area contributed by atoms with Crippen molar-refractivity contribution in [3.05, 3.63) is 64.5 Å². The molecule has 0 heterocycles. The summed E-state index contributed by atoms with van der Waals surface area (Å²) in [5.74, 6) is -0.254. The maximum absolute atomic E-state index is 13.5. The lowest BCUT2D eigenvalue weighted by molar-refractivity contribution is -0.117. The number of halogens is 1. The number of carbonyl (C=O) groups is 3. The monoisotopic (exact) mass is 424 g/mol. The third-order valence-electron chi connectivity index (χ3n) is 6.02. The SMILES string of the molecule is Cc1cc(NC(=O)c2cccc3c2CC[C@@H]3NC(=O)OC[C@H]2CCC(=O)C2)ccc1F. The highest BCUT2D eigenvalue weighted by Gasteiger charge is 2.29. The first-order valence-corrected chi connectivity index (χ1v) is 10.5. The molecule has 4 rings (SSSR count). The lowest BCUT2D eigenvalue weighted by Gasteiger charge is -2.16. The second-order valence-electron chi connectivity index (χ2n) is 8.27. The smallest absolute Gasteiger partial charge is 0.407 e. The maximum atomic E-state index is 13.5. The molecule has 7 heteroatoms. The Morgan fingerprint density at radius 1 is 1.16 bits per heavy atom. The van der Waals surface area contributed by atoms with E-state index in [2.05, 4.69) is 10.6 Å². The molecule has 0 spiro atoms. The van der Waals surface area contributed by atoms with E-state index in [0.717, 1.165) is 17.5 Å². The molecule has 2 aromatic carbocycles. The second kappa shape index (κ2) is 8.88. The lowest BCUT2D eigenvalue weighted by atomic mass is 10.0. The van der Waals surface area contributed by atoms with E-state index in [0.29, 0.717) is 42.5 Å². The van der Waals surface area contributed by atoms with Crippen LogP contribution in [0.25, 0.3) is 0 Å². The number of fused-ring (bicyclic) bond motifs is 1. The molecular weight excluding hydrogens is 399 g/mol. The summed E-state index contributed by atoms with van der Waals surface area (Å²) >= 11 is 0. The minimum atomic E-state index is -0.506. The van der Waals surface area contributed by atoms with E-state index in [1.54, 1.807) is 25.1 Å². The van der Waals surface area contributed by atoms with Crippen LogP contribution in [0.15, 0.2) is 36.4 Å². The average Bonchev–Trinajstić information content (AvgIpc) is 3.35. The zero-order valence-electron chi connectivity index (χ0n) is 17.4. The molecule has 31 heavy (non-hydrogen) atoms. The number of alkyl carbamates (subject to hydrolysis) is 1. The first-order valence-electron chi connectivity index (χ1n) is 10.5. The fourth-order valence-electron chi connectivity index (χ4n) is 4.35. The maximum Gasteiger partial charge on any atom is 0.407 e. The van der Waals surface area contributed by atoms with Crippen LogP contribution in [0.1, 0.15) is 58.8 Å². The van der Waals surface area contributed by atoms with E-state index < -0.39 is 6.09 Å². The first-order chi connectivity index (χ1) is 14.9. The molecule has 0 aromatic heterocycles. The van der Waals surface area contributed by atoms with Gasteiger partial charge in [-0.15, -0.1) is 0 Å². The third kappa shape index (κ3) is 4.76. The molecule has 162 valence electrons. The molecule has 2 aliphatic carbocycles. The first kappa shape index (κ1) is 21.0. The molecule has 2 aromatic rings. The molecule has 0 aliphatic heterocycles. The highest BCUT2D eigenvalue weighted by molar-refractivity contribution is 6.05. The molecule has 0 bridgehead atoms. The van der Waals surface area contributed by atoms with E-state index in [9.17, 15) is 18.8 Å². The molecular formula is C24H25FN2O4. The van der Waals surface area contributed by atoms with Crippen LogP contribution in [0.2, 0.25) is 0 Å². The van der Waals surface area contributed by atoms with E-state index in [-0.39, 0.29) is 36.1 Å². The van der Waals surface area contributed by atoms with Crippen LogP contribution in [0, 0.1) is 18.7 Å². The van der Waals surface area contributed by atoms with E-state index in [4.69, 9.17) is 4.74 Å². The highest BCUT2D eigenvalue weighted by atomic mass is 19.1. The number of carbonyl (C=O) groups excluding carboxylic acids is 3. The van der Waals surface area contributed by atoms with Crippen molar-refractivity contribution in [2.24, 2.45) is 5.92 Å². The zero-order valence-corrected chi connectivity index (χ0v) is 17.4. The fourth-order valence-corrected chi connectivity index (χ4v) is 4.35. The summed E-state index contributed by atoms with van der Waals surface area (Å²) in [5, 5.41) is 5.70. The number of hydrogen-bond donors (Lipinski definition) is 2. The van der Waals surface area contributed by atoms with Gasteiger partial charge >= 0.3 is 6.09 Å². The summed E-state index contributed by atoms with van der Waals surface area (Å²) in [4.78, 5) is 36.4. The number of ketones is 1. The Balaban J connectivity index is 1.40. The third-order valence-corrected chi connectivity index (χ3v) is 6.02. The summed E-state index contributed by atoms with van der Waals surface area (Å²) in [6, 6.07) is 9.67. The van der Waals surface area contributed by atoms with Crippen LogP contribution in [-0.4, -0.2) is 24.4 Å². The molecule has 0 unspecified atom stereocenters. The molecule has 0 radical (unpaired) electrons. The Labute approximate surface area is 180 Å². The molecule has 1 fully saturated rings. The fraction of sp³-hybridized carbons (Fsp3) is 0.375. The van der Waals surface area contributed by atoms with Gasteiger partial charge in [0.1, 0.15) is 11.6 Å². The van der Waals surface area contributed by atoms with E-state index >= 15 is 0 Å². The van der Waals surface area contributed by atoms with Crippen molar-refractivity contribution in [2.45, 2.75) is 45.1 Å². The molecule has 2 N–H and O–H groups in total. The number of hydrogen-bond acceptors (Lipinski definition) is 4. The normalized spacial score (nSPS) is 19.7. The Hall–Kier alpha value is -3.22. The summed E-state index contributed by atoms with van der Waals surface area (Å²) in [6.45, 7) is 1.89. The van der Waals surface area contributed by atoms with Crippen molar-refractivity contribution in [1.29, 1.82) is 0 Å². The Bertz CT molecular complexity index is 1040. The molecule has 0 saturated heterocycles. The average molecular weight is 424 g/mol. The number of nitrogens with one attached hydrogen (secondary N) is 2. The highest BCUT2D eigenvalue weighted by Crippen LogP contribution is 2.34. The number of benzene rings is 2. The van der Waals surface area contributed by atoms with Crippen LogP contribution >= 0.6 is 0 Å². The van der Waals surface area contributed by atoms with Gasteiger partial charge in [0.15, 0.2) is 0 Å². The van der Waals surface area contributed by atoms with E-state index in [1.807, 2.05) is 6.07 Å². The summed E-state index contributed by atoms with van der Waals surface area (Å²) in [5.41, 5.74) is 3.33. The van der Waals surface area contributed by atoms with Crippen molar-refractivity contribution in [1.82, 2.24) is 5.32 Å². The Morgan fingerprint density at radius 2 is 2.00 bits per heavy atom. The molecule has 2 aliphatic rings. The van der Waals surface area contributed by atoms with Crippen LogP contribution in [0.5, 0.6) is 0 Å². The second-order valence-corrected chi connectivity index (χ2v) is 8.27. The topological polar surface area (TPSA) is 84.5 Å². The van der Waals surface area contributed by atoms with Gasteiger partial charge in [-0.2, -0.15) is 0 Å². The number of rotatable bonds is 5. The standard InChI is InChI=1S/C24H25FN2O4/c1-14-11-16(6-9-21(14)25)26-23(29)20-4-2-3-19-18(20)8-10-22(19)27-24(30)31-13-15-5-7-17(28)12-15/h2-4,6,9,11,15,22H,5,7-8,10,12-13H2,1H3,(H,26,29)(H,27,30)/t15-,22-/m0/s1. The van der Waals surface area contributed by atoms with Crippen molar-refractivity contribution in [3.63, 3.8) is 0 Å². The van der Waals surface area contributed by atoms with Crippen molar-refractivity contribution in [2.75, 3.05) is 11.9 Å². The number of ether oxygens (including phenoxy) is 1. The van der Waals surface area contributed by atoms with Crippen LogP contribution in [0.4, 0.5) is 14.9 Å². The quantitative estimate of drug-likeness (QED) is 0.742. The number of Topliss-reactive ketones (excluding diaryl/α,β-unsaturated/α-hetero) is 1. The molecule has 1 saturated carbocycles. The zero-order chi connectivity index (χ0) is 22.0. The van der Waals surface area contributed by atoms with E-state index in [1.165, 1.54) is 12.1 Å². The number of amides is 2. The summed E-state index contributed by atoms with van der Waals surface area (Å²) < 4.78 is 18.8. The summed E-state index contributed by atoms with van der Waals surface area (Å²) in [6.07, 6.45) is 2.63. The van der Waals surface area contributed by atoms with Crippen LogP contribution < -0.4 is 10.6 Å². The van der Waals surface area contributed by atoms with Gasteiger partial charge in [0.2, 0.25) is 0 Å². The Morgan fingerprint density at radius 3 is 2.74 bits per heavy atom. The molecule has 6 nitrogen and oxygen atoms in total. The predicted octanol–water partition coefficient (Wildman–Crippen LogP) is 4.47. The molecule has 2 amide bonds. The van der Waals surface area contributed by atoms with Crippen LogP contribution in [-0.2, 0) is 16.0 Å². The minimum absolute atomic E-state index is 0.111. The van der Waals surface area contributed by atoms with Gasteiger partial charge in [-0.3, -0.25) is 9.59 Å². The predicted molar refractivity (Wildman–Crippen MR) is 113 cm³/mol. The van der Waals surface area contributed by atoms with Gasteiger partial charge in [-0.25, -0.2) is 9.18 Å².